The lowest BCUT2D eigenvalue weighted by Gasteiger charge is -2.38. The van der Waals surface area contributed by atoms with Crippen LogP contribution in [0.25, 0.3) is 16.7 Å². The van der Waals surface area contributed by atoms with E-state index in [-0.39, 0.29) is 12.1 Å². The molecule has 0 radical (unpaired) electrons. The van der Waals surface area contributed by atoms with Crippen molar-refractivity contribution in [1.82, 2.24) is 24.2 Å². The molecule has 5 rings (SSSR count). The number of hydrogen-bond acceptors (Lipinski definition) is 5. The van der Waals surface area contributed by atoms with E-state index < -0.39 is 17.9 Å². The van der Waals surface area contributed by atoms with E-state index in [0.717, 1.165) is 5.69 Å². The molecule has 0 unspecified atom stereocenters. The number of likely N-dealkylation sites (tertiary alicyclic amines) is 1. The minimum Gasteiger partial charge on any atom is -0.388 e. The van der Waals surface area contributed by atoms with Crippen LogP contribution in [0, 0.1) is 0 Å². The van der Waals surface area contributed by atoms with E-state index in [1.54, 1.807) is 28.9 Å². The number of fused-ring (bicyclic) bond motifs is 1. The largest absolute Gasteiger partial charge is 0.388 e. The van der Waals surface area contributed by atoms with Gasteiger partial charge in [0.2, 0.25) is 6.43 Å². The second-order valence-electron chi connectivity index (χ2n) is 9.51. The van der Waals surface area contributed by atoms with E-state index in [9.17, 15) is 18.7 Å². The van der Waals surface area contributed by atoms with Gasteiger partial charge in [0.25, 0.3) is 5.56 Å². The molecule has 0 spiro atoms. The topological polar surface area (TPSA) is 76.2 Å². The van der Waals surface area contributed by atoms with Crippen LogP contribution in [0.5, 0.6) is 0 Å². The Morgan fingerprint density at radius 2 is 1.67 bits per heavy atom. The summed E-state index contributed by atoms with van der Waals surface area (Å²) in [6.45, 7) is 1.82. The first-order chi connectivity index (χ1) is 17.4. The fourth-order valence-electron chi connectivity index (χ4n) is 4.95. The molecule has 9 heteroatoms. The molecule has 0 aliphatic carbocycles. The number of alkyl halides is 2. The summed E-state index contributed by atoms with van der Waals surface area (Å²) in [7, 11) is 0. The van der Waals surface area contributed by atoms with Gasteiger partial charge in [-0.3, -0.25) is 9.36 Å². The Bertz CT molecular complexity index is 1350. The van der Waals surface area contributed by atoms with Crippen LogP contribution in [0.2, 0.25) is 0 Å². The standard InChI is InChI=1S/C27H29F2N5O2/c28-24(29)22(20-7-3-1-4-8-20)11-14-32-15-12-27(36,13-16-32)18-33-19-30-25-23(26(33)35)17-31-34(25)21-9-5-2-6-10-21/h1-10,17,19,22,24,36H,11-16,18H2/t22-/m1/s1. The Morgan fingerprint density at radius 1 is 1.00 bits per heavy atom. The summed E-state index contributed by atoms with van der Waals surface area (Å²) >= 11 is 0. The van der Waals surface area contributed by atoms with Gasteiger partial charge in [-0.2, -0.15) is 5.10 Å². The van der Waals surface area contributed by atoms with E-state index in [1.165, 1.54) is 17.1 Å². The number of nitrogens with zero attached hydrogens (tertiary/aromatic N) is 5. The van der Waals surface area contributed by atoms with Gasteiger partial charge in [-0.1, -0.05) is 48.5 Å². The monoisotopic (exact) mass is 493 g/mol. The van der Waals surface area contributed by atoms with Gasteiger partial charge < -0.3 is 10.0 Å². The molecule has 1 aliphatic heterocycles. The SMILES string of the molecule is O=c1c2cnn(-c3ccccc3)c2ncn1CC1(O)CCN(CC[C@H](c2ccccc2)C(F)F)CC1. The maximum Gasteiger partial charge on any atom is 0.264 e. The van der Waals surface area contributed by atoms with Crippen molar-refractivity contribution in [1.29, 1.82) is 0 Å². The van der Waals surface area contributed by atoms with Crippen molar-refractivity contribution in [3.63, 3.8) is 0 Å². The maximum atomic E-state index is 13.6. The molecule has 1 N–H and O–H groups in total. The molecule has 1 aliphatic rings. The quantitative estimate of drug-likeness (QED) is 0.404. The first-order valence-corrected chi connectivity index (χ1v) is 12.2. The highest BCUT2D eigenvalue weighted by atomic mass is 19.3. The number of hydrogen-bond donors (Lipinski definition) is 1. The van der Waals surface area contributed by atoms with Gasteiger partial charge in [-0.05, 0) is 43.5 Å². The number of aliphatic hydroxyl groups is 1. The lowest BCUT2D eigenvalue weighted by molar-refractivity contribution is -0.0361. The van der Waals surface area contributed by atoms with Gasteiger partial charge in [0.05, 0.1) is 24.0 Å². The number of para-hydroxylation sites is 1. The van der Waals surface area contributed by atoms with E-state index in [1.807, 2.05) is 36.4 Å². The molecule has 3 heterocycles. The van der Waals surface area contributed by atoms with Gasteiger partial charge in [0.1, 0.15) is 11.7 Å². The third-order valence-corrected chi connectivity index (χ3v) is 7.09. The third kappa shape index (κ3) is 5.08. The lowest BCUT2D eigenvalue weighted by atomic mass is 9.90. The fourth-order valence-corrected chi connectivity index (χ4v) is 4.95. The number of rotatable bonds is 8. The highest BCUT2D eigenvalue weighted by Gasteiger charge is 2.34. The molecule has 1 atom stereocenters. The molecule has 0 bridgehead atoms. The molecule has 4 aromatic rings. The number of benzene rings is 2. The number of piperidine rings is 1. The van der Waals surface area contributed by atoms with Crippen molar-refractivity contribution in [3.05, 3.63) is 89.1 Å². The second-order valence-corrected chi connectivity index (χ2v) is 9.51. The summed E-state index contributed by atoms with van der Waals surface area (Å²) < 4.78 is 30.4. The molecule has 0 amide bonds. The predicted octanol–water partition coefficient (Wildman–Crippen LogP) is 3.85. The minimum atomic E-state index is -2.42. The molecule has 1 fully saturated rings. The zero-order chi connectivity index (χ0) is 25.1. The van der Waals surface area contributed by atoms with Crippen molar-refractivity contribution in [2.75, 3.05) is 19.6 Å². The van der Waals surface area contributed by atoms with E-state index in [4.69, 9.17) is 0 Å². The molecular formula is C27H29F2N5O2. The Morgan fingerprint density at radius 3 is 2.33 bits per heavy atom. The first-order valence-electron chi connectivity index (χ1n) is 12.2. The Labute approximate surface area is 207 Å². The van der Waals surface area contributed by atoms with Crippen LogP contribution in [0.1, 0.15) is 30.7 Å². The van der Waals surface area contributed by atoms with Gasteiger partial charge in [0, 0.05) is 19.0 Å². The van der Waals surface area contributed by atoms with Gasteiger partial charge in [-0.15, -0.1) is 0 Å². The predicted molar refractivity (Wildman–Crippen MR) is 134 cm³/mol. The molecule has 2 aromatic carbocycles. The van der Waals surface area contributed by atoms with Crippen molar-refractivity contribution >= 4 is 11.0 Å². The summed E-state index contributed by atoms with van der Waals surface area (Å²) in [5.74, 6) is -0.805. The van der Waals surface area contributed by atoms with E-state index >= 15 is 0 Å². The van der Waals surface area contributed by atoms with Gasteiger partial charge in [0.15, 0.2) is 5.65 Å². The van der Waals surface area contributed by atoms with Gasteiger partial charge >= 0.3 is 0 Å². The number of aromatic nitrogens is 4. The van der Waals surface area contributed by atoms with E-state index in [0.29, 0.717) is 55.5 Å². The molecule has 0 saturated carbocycles. The summed E-state index contributed by atoms with van der Waals surface area (Å²) in [5.41, 5.74) is 0.618. The zero-order valence-corrected chi connectivity index (χ0v) is 19.9. The fraction of sp³-hybridized carbons (Fsp3) is 0.370. The third-order valence-electron chi connectivity index (χ3n) is 7.09. The van der Waals surface area contributed by atoms with Gasteiger partial charge in [-0.25, -0.2) is 18.4 Å². The molecule has 36 heavy (non-hydrogen) atoms. The minimum absolute atomic E-state index is 0.128. The smallest absolute Gasteiger partial charge is 0.264 e. The van der Waals surface area contributed by atoms with Crippen LogP contribution in [-0.4, -0.2) is 61.0 Å². The average molecular weight is 494 g/mol. The molecular weight excluding hydrogens is 464 g/mol. The molecule has 7 nitrogen and oxygen atoms in total. The van der Waals surface area contributed by atoms with Crippen molar-refractivity contribution in [3.8, 4) is 5.69 Å². The summed E-state index contributed by atoms with van der Waals surface area (Å²) in [4.78, 5) is 19.7. The lowest BCUT2D eigenvalue weighted by Crippen LogP contribution is -2.48. The summed E-state index contributed by atoms with van der Waals surface area (Å²) in [5, 5.41) is 15.9. The van der Waals surface area contributed by atoms with Crippen LogP contribution in [0.15, 0.2) is 78.0 Å². The van der Waals surface area contributed by atoms with Crippen LogP contribution in [0.4, 0.5) is 8.78 Å². The van der Waals surface area contributed by atoms with Crippen LogP contribution in [0.3, 0.4) is 0 Å². The molecule has 1 saturated heterocycles. The first kappa shape index (κ1) is 24.3. The molecule has 2 aromatic heterocycles. The highest BCUT2D eigenvalue weighted by molar-refractivity contribution is 5.74. The zero-order valence-electron chi connectivity index (χ0n) is 19.9. The molecule has 188 valence electrons. The van der Waals surface area contributed by atoms with Crippen molar-refractivity contribution < 1.29 is 13.9 Å². The van der Waals surface area contributed by atoms with Crippen LogP contribution >= 0.6 is 0 Å². The van der Waals surface area contributed by atoms with Crippen molar-refractivity contribution in [2.45, 2.75) is 43.8 Å². The second kappa shape index (κ2) is 10.3. The van der Waals surface area contributed by atoms with Crippen LogP contribution in [-0.2, 0) is 6.54 Å². The average Bonchev–Trinajstić information content (AvgIpc) is 3.33. The van der Waals surface area contributed by atoms with Crippen molar-refractivity contribution in [2.24, 2.45) is 0 Å². The summed E-state index contributed by atoms with van der Waals surface area (Å²) in [6, 6.07) is 18.4. The Kier molecular flexibility index (Phi) is 6.93. The normalized spacial score (nSPS) is 17.0. The van der Waals surface area contributed by atoms with E-state index in [2.05, 4.69) is 15.0 Å². The highest BCUT2D eigenvalue weighted by Crippen LogP contribution is 2.29. The number of halogens is 2. The summed E-state index contributed by atoms with van der Waals surface area (Å²) in [6.07, 6.45) is 1.80. The Hall–Kier alpha value is -3.43. The Balaban J connectivity index is 1.22. The maximum absolute atomic E-state index is 13.6. The van der Waals surface area contributed by atoms with Crippen LogP contribution < -0.4 is 5.56 Å².